The van der Waals surface area contributed by atoms with E-state index in [1.54, 1.807) is 38.1 Å². The van der Waals surface area contributed by atoms with Gasteiger partial charge in [0.1, 0.15) is 54.9 Å². The van der Waals surface area contributed by atoms with Crippen molar-refractivity contribution in [1.29, 1.82) is 0 Å². The van der Waals surface area contributed by atoms with Gasteiger partial charge in [-0.15, -0.1) is 0 Å². The Bertz CT molecular complexity index is 2420. The third-order valence-corrected chi connectivity index (χ3v) is 14.5. The van der Waals surface area contributed by atoms with Crippen LogP contribution in [0.4, 0.5) is 16.3 Å². The summed E-state index contributed by atoms with van der Waals surface area (Å²) < 4.78 is 11.3. The normalized spacial score (nSPS) is 22.0. The van der Waals surface area contributed by atoms with Gasteiger partial charge in [0.05, 0.1) is 24.9 Å². The third-order valence-electron chi connectivity index (χ3n) is 14.5. The average molecular weight is 1070 g/mol. The van der Waals surface area contributed by atoms with Crippen molar-refractivity contribution >= 4 is 64.2 Å². The van der Waals surface area contributed by atoms with E-state index in [0.717, 1.165) is 38.5 Å². The molecule has 12 N–H and O–H groups in total. The molecule has 0 spiro atoms. The minimum Gasteiger partial charge on any atom is -0.445 e. The first-order valence-corrected chi connectivity index (χ1v) is 26.5. The molecule has 5 rings (SSSR count). The standard InChI is InChI=1S/C52H80N12O12/c1-8-20-52(7,21-12-13-30(5)9-2)34-24-38(67)64(50(34)73)23-19-37(66)61-39(29(3)4)48(72)58-31(6)46(70)59-33-17-15-32(16-18-33)26-75-51(74)60-35(14-10-11-22-53)47(71)62-40-36(25-65)76-49(43(69)42(40)68)63-45-41-44(55-27-54-41)56-28-57-45/h15-18,27-31,34-36,39-40,42-43,49,65,68-69H,8-14,19-26,53H2,1-7H3,(H,58,72)(H,59,70)(H,60,74)(H,61,66)(H,62,71)(H2,54,55,56,57,63)/t30?,31-,34?,35+,36-,39-,40-,42+,43-,49-,52?/m0/s1. The van der Waals surface area contributed by atoms with Crippen LogP contribution in [0.3, 0.4) is 0 Å². The second-order valence-corrected chi connectivity index (χ2v) is 20.7. The maximum absolute atomic E-state index is 13.7. The van der Waals surface area contributed by atoms with E-state index in [4.69, 9.17) is 15.2 Å². The van der Waals surface area contributed by atoms with E-state index in [1.165, 1.54) is 24.5 Å². The summed E-state index contributed by atoms with van der Waals surface area (Å²) >= 11 is 0. The lowest BCUT2D eigenvalue weighted by Gasteiger charge is -2.43. The second-order valence-electron chi connectivity index (χ2n) is 20.7. The lowest BCUT2D eigenvalue weighted by Crippen LogP contribution is -2.67. The van der Waals surface area contributed by atoms with Crippen LogP contribution in [0.2, 0.25) is 0 Å². The number of alkyl carbamates (subject to hydrolysis) is 1. The van der Waals surface area contributed by atoms with E-state index < -0.39 is 91.0 Å². The molecular formula is C52H80N12O12. The van der Waals surface area contributed by atoms with Gasteiger partial charge in [-0.2, -0.15) is 0 Å². The highest BCUT2D eigenvalue weighted by Gasteiger charge is 2.48. The van der Waals surface area contributed by atoms with Gasteiger partial charge in [0.2, 0.25) is 35.4 Å². The Morgan fingerprint density at radius 3 is 2.33 bits per heavy atom. The fourth-order valence-corrected chi connectivity index (χ4v) is 9.65. The number of nitrogens with zero attached hydrogens (tertiary/aromatic N) is 4. The molecule has 24 nitrogen and oxygen atoms in total. The first-order valence-electron chi connectivity index (χ1n) is 26.5. The van der Waals surface area contributed by atoms with Gasteiger partial charge in [-0.25, -0.2) is 19.7 Å². The molecule has 3 aromatic rings. The quantitative estimate of drug-likeness (QED) is 0.0351. The number of likely N-dealkylation sites (tertiary alicyclic amines) is 1. The number of fused-ring (bicyclic) bond motifs is 1. The van der Waals surface area contributed by atoms with Crippen molar-refractivity contribution in [2.45, 2.75) is 174 Å². The Labute approximate surface area is 443 Å². The van der Waals surface area contributed by atoms with E-state index in [1.807, 2.05) is 0 Å². The summed E-state index contributed by atoms with van der Waals surface area (Å²) in [6.07, 6.45) is 2.73. The third kappa shape index (κ3) is 16.3. The van der Waals surface area contributed by atoms with Crippen molar-refractivity contribution in [3.8, 4) is 0 Å². The van der Waals surface area contributed by atoms with Crippen LogP contribution in [0.1, 0.15) is 125 Å². The van der Waals surface area contributed by atoms with Crippen LogP contribution >= 0.6 is 0 Å². The summed E-state index contributed by atoms with van der Waals surface area (Å²) in [6, 6.07) is 1.81. The number of aromatic amines is 1. The lowest BCUT2D eigenvalue weighted by molar-refractivity contribution is -0.185. The smallest absolute Gasteiger partial charge is 0.408 e. The highest BCUT2D eigenvalue weighted by Crippen LogP contribution is 2.44. The van der Waals surface area contributed by atoms with Crippen molar-refractivity contribution in [3.05, 3.63) is 42.5 Å². The van der Waals surface area contributed by atoms with Gasteiger partial charge in [-0.1, -0.05) is 79.4 Å². The van der Waals surface area contributed by atoms with Crippen molar-refractivity contribution < 1.29 is 58.4 Å². The van der Waals surface area contributed by atoms with E-state index in [-0.39, 0.29) is 61.4 Å². The number of amides is 7. The highest BCUT2D eigenvalue weighted by molar-refractivity contribution is 6.04. The summed E-state index contributed by atoms with van der Waals surface area (Å²) in [5, 5.41) is 48.5. The van der Waals surface area contributed by atoms with Gasteiger partial charge in [-0.05, 0) is 80.5 Å². The van der Waals surface area contributed by atoms with Crippen molar-refractivity contribution in [2.75, 3.05) is 30.3 Å². The van der Waals surface area contributed by atoms with Gasteiger partial charge in [0, 0.05) is 25.1 Å². The number of anilines is 2. The largest absolute Gasteiger partial charge is 0.445 e. The summed E-state index contributed by atoms with van der Waals surface area (Å²) in [5.41, 5.74) is 6.99. The number of rotatable bonds is 29. The molecule has 4 heterocycles. The van der Waals surface area contributed by atoms with E-state index >= 15 is 0 Å². The molecule has 2 fully saturated rings. The number of unbranched alkanes of at least 4 members (excludes halogenated alkanes) is 1. The number of H-pyrrole nitrogens is 1. The molecule has 11 atom stereocenters. The monoisotopic (exact) mass is 1060 g/mol. The van der Waals surface area contributed by atoms with E-state index in [0.29, 0.717) is 47.7 Å². The number of ether oxygens (including phenoxy) is 2. The number of nitrogens with one attached hydrogen (secondary N) is 7. The van der Waals surface area contributed by atoms with Crippen molar-refractivity contribution in [1.82, 2.24) is 46.1 Å². The van der Waals surface area contributed by atoms with Gasteiger partial charge in [0.15, 0.2) is 17.7 Å². The summed E-state index contributed by atoms with van der Waals surface area (Å²) in [6.45, 7) is 12.9. The SMILES string of the molecule is CCCC(C)(CCCC(C)CC)C1CC(=O)N(CCC(=O)N[C@H](C(=O)N[C@@H](C)C(=O)Nc2ccc(COC(=O)N[C@H](CCCCN)C(=O)N[C@@H]3[C@@H](O)[C@H](O)[C@@H](Nc4ncnc5nc[nH]c45)O[C@H]3CO)cc2)C(C)C)C1=O. The molecule has 3 unspecified atom stereocenters. The van der Waals surface area contributed by atoms with Gasteiger partial charge in [0.25, 0.3) is 0 Å². The minimum atomic E-state index is -1.63. The number of hydrogen-bond acceptors (Lipinski definition) is 17. The number of aliphatic hydroxyl groups excluding tert-OH is 3. The first kappa shape index (κ1) is 60.5. The molecule has 7 amide bonds. The minimum absolute atomic E-state index is 0.0961. The number of aromatic nitrogens is 4. The lowest BCUT2D eigenvalue weighted by atomic mass is 9.69. The number of carbonyl (C=O) groups is 7. The maximum Gasteiger partial charge on any atom is 0.408 e. The molecule has 2 aliphatic rings. The Balaban J connectivity index is 1.07. The molecule has 24 heteroatoms. The van der Waals surface area contributed by atoms with Crippen LogP contribution in [0.15, 0.2) is 36.9 Å². The van der Waals surface area contributed by atoms with Crippen molar-refractivity contribution in [3.63, 3.8) is 0 Å². The number of nitrogens with two attached hydrogens (primary N) is 1. The summed E-state index contributed by atoms with van der Waals surface area (Å²) in [5.74, 6) is -2.96. The van der Waals surface area contributed by atoms with Crippen LogP contribution < -0.4 is 37.6 Å². The van der Waals surface area contributed by atoms with Crippen molar-refractivity contribution in [2.24, 2.45) is 28.9 Å². The Hall–Kier alpha value is -6.34. The number of benzene rings is 1. The average Bonchev–Trinajstić information content (AvgIpc) is 4.00. The predicted molar refractivity (Wildman–Crippen MR) is 280 cm³/mol. The summed E-state index contributed by atoms with van der Waals surface area (Å²) in [7, 11) is 0. The molecule has 0 radical (unpaired) electrons. The van der Waals surface area contributed by atoms with Crippen LogP contribution in [-0.2, 0) is 44.8 Å². The fourth-order valence-electron chi connectivity index (χ4n) is 9.65. The highest BCUT2D eigenvalue weighted by atomic mass is 16.6. The molecule has 2 aromatic heterocycles. The maximum atomic E-state index is 13.7. The number of imide groups is 1. The molecule has 2 saturated heterocycles. The number of carbonyl (C=O) groups excluding carboxylic acids is 7. The number of aliphatic hydroxyl groups is 3. The second kappa shape index (κ2) is 28.7. The van der Waals surface area contributed by atoms with E-state index in [2.05, 4.69) is 79.5 Å². The Morgan fingerprint density at radius 1 is 0.921 bits per heavy atom. The van der Waals surface area contributed by atoms with Crippen LogP contribution in [0, 0.1) is 23.2 Å². The van der Waals surface area contributed by atoms with Crippen LogP contribution in [0.25, 0.3) is 11.2 Å². The number of hydrogen-bond donors (Lipinski definition) is 11. The first-order chi connectivity index (χ1) is 36.2. The van der Waals surface area contributed by atoms with Crippen LogP contribution in [0.5, 0.6) is 0 Å². The molecule has 2 aliphatic heterocycles. The predicted octanol–water partition coefficient (Wildman–Crippen LogP) is 2.48. The van der Waals surface area contributed by atoms with Gasteiger partial charge >= 0.3 is 6.09 Å². The number of imidazole rings is 1. The molecular weight excluding hydrogens is 985 g/mol. The zero-order valence-corrected chi connectivity index (χ0v) is 44.8. The van der Waals surface area contributed by atoms with Gasteiger partial charge in [-0.3, -0.25) is 33.7 Å². The molecule has 0 aliphatic carbocycles. The molecule has 0 bridgehead atoms. The van der Waals surface area contributed by atoms with E-state index in [9.17, 15) is 48.9 Å². The molecule has 0 saturated carbocycles. The molecule has 1 aromatic carbocycles. The summed E-state index contributed by atoms with van der Waals surface area (Å²) in [4.78, 5) is 110. The zero-order valence-electron chi connectivity index (χ0n) is 44.8. The zero-order chi connectivity index (χ0) is 55.7. The Morgan fingerprint density at radius 2 is 1.66 bits per heavy atom. The molecule has 76 heavy (non-hydrogen) atoms. The topological polar surface area (TPSA) is 355 Å². The fraction of sp³-hybridized carbons (Fsp3) is 0.654. The molecule has 420 valence electrons. The van der Waals surface area contributed by atoms with Crippen LogP contribution in [-0.4, -0.2) is 150 Å². The van der Waals surface area contributed by atoms with Gasteiger partial charge < -0.3 is 67.4 Å². The Kier molecular flexibility index (Phi) is 22.9.